The average Bonchev–Trinajstić information content (AvgIpc) is 2.89. The summed E-state index contributed by atoms with van der Waals surface area (Å²) in [5.41, 5.74) is 0.955. The highest BCUT2D eigenvalue weighted by Crippen LogP contribution is 2.34. The van der Waals surface area contributed by atoms with Gasteiger partial charge in [-0.3, -0.25) is 4.79 Å². The van der Waals surface area contributed by atoms with Gasteiger partial charge in [-0.25, -0.2) is 4.79 Å². The second kappa shape index (κ2) is 10.4. The van der Waals surface area contributed by atoms with Crippen molar-refractivity contribution in [3.8, 4) is 0 Å². The normalized spacial score (nSPS) is 10.3. The Bertz CT molecular complexity index is 627. The molecular weight excluding hydrogens is 358 g/mol. The van der Waals surface area contributed by atoms with Gasteiger partial charge >= 0.3 is 5.97 Å². The Morgan fingerprint density at radius 2 is 1.92 bits per heavy atom. The average molecular weight is 386 g/mol. The van der Waals surface area contributed by atoms with Crippen molar-refractivity contribution in [1.29, 1.82) is 0 Å². The maximum Gasteiger partial charge on any atom is 0.341 e. The van der Waals surface area contributed by atoms with Crippen LogP contribution in [-0.4, -0.2) is 49.6 Å². The Morgan fingerprint density at radius 1 is 1.24 bits per heavy atom. The molecule has 0 aliphatic rings. The van der Waals surface area contributed by atoms with Crippen LogP contribution in [0, 0.1) is 6.92 Å². The zero-order chi connectivity index (χ0) is 19.0. The summed E-state index contributed by atoms with van der Waals surface area (Å²) in [5, 5.41) is 7.14. The number of ether oxygens (including phenoxy) is 1. The molecule has 8 heteroatoms. The Hall–Kier alpha value is -1.67. The minimum absolute atomic E-state index is 0.154. The molecule has 1 heterocycles. The number of rotatable bonds is 8. The Labute approximate surface area is 158 Å². The van der Waals surface area contributed by atoms with E-state index in [1.54, 1.807) is 21.0 Å². The third-order valence-electron chi connectivity index (χ3n) is 3.68. The number of carbonyl (C=O) groups excluding carboxylic acids is 2. The van der Waals surface area contributed by atoms with E-state index >= 15 is 0 Å². The van der Waals surface area contributed by atoms with Gasteiger partial charge in [0, 0.05) is 20.6 Å². The lowest BCUT2D eigenvalue weighted by Crippen LogP contribution is -2.29. The first-order chi connectivity index (χ1) is 11.8. The van der Waals surface area contributed by atoms with Crippen molar-refractivity contribution in [2.24, 2.45) is 0 Å². The number of esters is 1. The van der Waals surface area contributed by atoms with Gasteiger partial charge in [-0.15, -0.1) is 11.3 Å². The van der Waals surface area contributed by atoms with E-state index in [2.05, 4.69) is 17.6 Å². The van der Waals surface area contributed by atoms with Crippen molar-refractivity contribution in [3.63, 3.8) is 0 Å². The Morgan fingerprint density at radius 3 is 2.48 bits per heavy atom. The SMILES string of the molecule is CCCCCCNC(=S)Nc1sc(C(=O)N(C)C)c(C)c1C(=O)OC. The fraction of sp³-hybridized carbons (Fsp3) is 0.588. The molecule has 0 aromatic carbocycles. The van der Waals surface area contributed by atoms with Crippen molar-refractivity contribution in [1.82, 2.24) is 10.2 Å². The van der Waals surface area contributed by atoms with Crippen LogP contribution in [0.5, 0.6) is 0 Å². The smallest absolute Gasteiger partial charge is 0.341 e. The Kier molecular flexibility index (Phi) is 8.85. The fourth-order valence-corrected chi connectivity index (χ4v) is 3.75. The van der Waals surface area contributed by atoms with E-state index in [9.17, 15) is 9.59 Å². The molecule has 2 N–H and O–H groups in total. The summed E-state index contributed by atoms with van der Waals surface area (Å²) in [6.07, 6.45) is 4.57. The number of nitrogens with one attached hydrogen (secondary N) is 2. The molecule has 1 rings (SSSR count). The Balaban J connectivity index is 2.90. The summed E-state index contributed by atoms with van der Waals surface area (Å²) in [6.45, 7) is 4.68. The summed E-state index contributed by atoms with van der Waals surface area (Å²) < 4.78 is 4.86. The number of thiocarbonyl (C=S) groups is 1. The van der Waals surface area contributed by atoms with Crippen LogP contribution in [0.15, 0.2) is 0 Å². The molecule has 1 amide bonds. The van der Waals surface area contributed by atoms with Gasteiger partial charge in [0.15, 0.2) is 5.11 Å². The van der Waals surface area contributed by atoms with Crippen molar-refractivity contribution in [2.75, 3.05) is 33.1 Å². The van der Waals surface area contributed by atoms with Crippen molar-refractivity contribution >= 4 is 45.5 Å². The standard InChI is InChI=1S/C17H27N3O3S2/c1-6-7-8-9-10-18-17(24)19-14-12(16(22)23-5)11(2)13(25-14)15(21)20(3)4/h6-10H2,1-5H3,(H2,18,19,24). The minimum atomic E-state index is -0.486. The highest BCUT2D eigenvalue weighted by molar-refractivity contribution is 7.80. The largest absolute Gasteiger partial charge is 0.465 e. The van der Waals surface area contributed by atoms with Gasteiger partial charge in [0.2, 0.25) is 0 Å². The lowest BCUT2D eigenvalue weighted by molar-refractivity contribution is 0.0601. The molecule has 0 radical (unpaired) electrons. The first-order valence-corrected chi connectivity index (χ1v) is 9.54. The molecule has 0 unspecified atom stereocenters. The van der Waals surface area contributed by atoms with E-state index in [0.29, 0.717) is 26.1 Å². The number of hydrogen-bond donors (Lipinski definition) is 2. The number of unbranched alkanes of at least 4 members (excludes halogenated alkanes) is 3. The van der Waals surface area contributed by atoms with Crippen LogP contribution >= 0.6 is 23.6 Å². The summed E-state index contributed by atoms with van der Waals surface area (Å²) in [7, 11) is 4.67. The highest BCUT2D eigenvalue weighted by atomic mass is 32.1. The van der Waals surface area contributed by atoms with Crippen LogP contribution in [-0.2, 0) is 4.74 Å². The van der Waals surface area contributed by atoms with Crippen LogP contribution in [0.1, 0.15) is 58.2 Å². The molecule has 1 aromatic heterocycles. The third kappa shape index (κ3) is 5.97. The predicted octanol–water partition coefficient (Wildman–Crippen LogP) is 3.41. The molecule has 0 aliphatic heterocycles. The molecular formula is C17H27N3O3S2. The van der Waals surface area contributed by atoms with Crippen LogP contribution in [0.25, 0.3) is 0 Å². The van der Waals surface area contributed by atoms with Crippen LogP contribution < -0.4 is 10.6 Å². The monoisotopic (exact) mass is 385 g/mol. The van der Waals surface area contributed by atoms with Gasteiger partial charge in [0.05, 0.1) is 17.6 Å². The van der Waals surface area contributed by atoms with Gasteiger partial charge < -0.3 is 20.3 Å². The second-order valence-electron chi connectivity index (χ2n) is 5.89. The minimum Gasteiger partial charge on any atom is -0.465 e. The maximum atomic E-state index is 12.3. The lowest BCUT2D eigenvalue weighted by atomic mass is 10.1. The summed E-state index contributed by atoms with van der Waals surface area (Å²) >= 11 is 6.51. The molecule has 0 atom stereocenters. The predicted molar refractivity (Wildman–Crippen MR) is 107 cm³/mol. The first-order valence-electron chi connectivity index (χ1n) is 8.31. The van der Waals surface area contributed by atoms with E-state index in [1.807, 2.05) is 0 Å². The fourth-order valence-electron chi connectivity index (χ4n) is 2.26. The summed E-state index contributed by atoms with van der Waals surface area (Å²) in [6, 6.07) is 0. The van der Waals surface area contributed by atoms with E-state index < -0.39 is 5.97 Å². The highest BCUT2D eigenvalue weighted by Gasteiger charge is 2.26. The number of nitrogens with zero attached hydrogens (tertiary/aromatic N) is 1. The number of anilines is 1. The topological polar surface area (TPSA) is 70.7 Å². The van der Waals surface area contributed by atoms with Gasteiger partial charge in [-0.2, -0.15) is 0 Å². The molecule has 6 nitrogen and oxygen atoms in total. The molecule has 0 bridgehead atoms. The number of thiophene rings is 1. The van der Waals surface area contributed by atoms with Crippen molar-refractivity contribution < 1.29 is 14.3 Å². The zero-order valence-corrected chi connectivity index (χ0v) is 17.2. The molecule has 1 aromatic rings. The maximum absolute atomic E-state index is 12.3. The van der Waals surface area contributed by atoms with Crippen molar-refractivity contribution in [3.05, 3.63) is 16.0 Å². The molecule has 0 spiro atoms. The van der Waals surface area contributed by atoms with E-state index in [-0.39, 0.29) is 5.91 Å². The number of amides is 1. The summed E-state index contributed by atoms with van der Waals surface area (Å²) in [5.74, 6) is -0.640. The quantitative estimate of drug-likeness (QED) is 0.406. The molecule has 0 fully saturated rings. The van der Waals surface area contributed by atoms with E-state index in [0.717, 1.165) is 19.4 Å². The van der Waals surface area contributed by atoms with Crippen molar-refractivity contribution in [2.45, 2.75) is 39.5 Å². The van der Waals surface area contributed by atoms with Crippen LogP contribution in [0.4, 0.5) is 5.00 Å². The molecule has 0 saturated heterocycles. The summed E-state index contributed by atoms with van der Waals surface area (Å²) in [4.78, 5) is 26.4. The van der Waals surface area contributed by atoms with Gasteiger partial charge in [-0.05, 0) is 31.1 Å². The lowest BCUT2D eigenvalue weighted by Gasteiger charge is -2.10. The molecule has 140 valence electrons. The molecule has 25 heavy (non-hydrogen) atoms. The van der Waals surface area contributed by atoms with E-state index in [1.165, 1.54) is 36.2 Å². The van der Waals surface area contributed by atoms with Gasteiger partial charge in [-0.1, -0.05) is 26.2 Å². The number of carbonyl (C=O) groups is 2. The van der Waals surface area contributed by atoms with Crippen LogP contribution in [0.2, 0.25) is 0 Å². The zero-order valence-electron chi connectivity index (χ0n) is 15.5. The van der Waals surface area contributed by atoms with Crippen LogP contribution in [0.3, 0.4) is 0 Å². The van der Waals surface area contributed by atoms with Gasteiger partial charge in [0.1, 0.15) is 5.00 Å². The van der Waals surface area contributed by atoms with Gasteiger partial charge in [0.25, 0.3) is 5.91 Å². The van der Waals surface area contributed by atoms with E-state index in [4.69, 9.17) is 17.0 Å². The molecule has 0 saturated carbocycles. The third-order valence-corrected chi connectivity index (χ3v) is 5.12. The molecule has 0 aliphatic carbocycles. The number of methoxy groups -OCH3 is 1. The first kappa shape index (κ1) is 21.4. The number of hydrogen-bond acceptors (Lipinski definition) is 5. The second-order valence-corrected chi connectivity index (χ2v) is 7.32.